The molecule has 0 spiro atoms. The normalized spacial score (nSPS) is 10.2. The van der Waals surface area contributed by atoms with Gasteiger partial charge in [0, 0.05) is 12.8 Å². The predicted molar refractivity (Wildman–Crippen MR) is 74.5 cm³/mol. The van der Waals surface area contributed by atoms with Crippen LogP contribution in [0.15, 0.2) is 60.7 Å². The Hall–Kier alpha value is -1.89. The Bertz CT molecular complexity index is 473. The van der Waals surface area contributed by atoms with Gasteiger partial charge in [-0.3, -0.25) is 4.79 Å². The molecule has 2 aromatic rings. The van der Waals surface area contributed by atoms with Gasteiger partial charge in [0.15, 0.2) is 0 Å². The molecule has 0 saturated carbocycles. The van der Waals surface area contributed by atoms with Gasteiger partial charge >= 0.3 is 0 Å². The van der Waals surface area contributed by atoms with Gasteiger partial charge in [0.1, 0.15) is 5.78 Å². The van der Waals surface area contributed by atoms with Crippen molar-refractivity contribution in [1.29, 1.82) is 0 Å². The molecule has 18 heavy (non-hydrogen) atoms. The number of Topliss-reactive ketones (excluding diaryl/α,β-unsaturated/α-hetero) is 1. The van der Waals surface area contributed by atoms with Crippen LogP contribution in [0.2, 0.25) is 0 Å². The third kappa shape index (κ3) is 4.17. The first-order valence-electron chi connectivity index (χ1n) is 6.44. The van der Waals surface area contributed by atoms with E-state index in [1.54, 1.807) is 0 Å². The zero-order valence-corrected chi connectivity index (χ0v) is 10.5. The van der Waals surface area contributed by atoms with E-state index in [1.165, 1.54) is 5.56 Å². The zero-order chi connectivity index (χ0) is 12.6. The maximum atomic E-state index is 11.8. The number of benzene rings is 2. The number of carbonyl (C=O) groups is 1. The number of rotatable bonds is 6. The third-order valence-corrected chi connectivity index (χ3v) is 3.01. The molecule has 1 nitrogen and oxygen atoms in total. The highest BCUT2D eigenvalue weighted by molar-refractivity contribution is 5.80. The van der Waals surface area contributed by atoms with E-state index in [9.17, 15) is 4.79 Å². The van der Waals surface area contributed by atoms with Gasteiger partial charge in [-0.05, 0) is 24.0 Å². The predicted octanol–water partition coefficient (Wildman–Crippen LogP) is 3.82. The molecule has 0 radical (unpaired) electrons. The number of aryl methyl sites for hydroxylation is 1. The van der Waals surface area contributed by atoms with E-state index in [-0.39, 0.29) is 0 Å². The lowest BCUT2D eigenvalue weighted by Crippen LogP contribution is -2.03. The molecule has 92 valence electrons. The second-order valence-corrected chi connectivity index (χ2v) is 4.54. The largest absolute Gasteiger partial charge is 0.299 e. The molecule has 1 heteroatoms. The first-order chi connectivity index (χ1) is 8.84. The lowest BCUT2D eigenvalue weighted by molar-refractivity contribution is -0.118. The van der Waals surface area contributed by atoms with Crippen LogP contribution in [0.3, 0.4) is 0 Å². The van der Waals surface area contributed by atoms with Gasteiger partial charge < -0.3 is 0 Å². The molecule has 0 N–H and O–H groups in total. The Morgan fingerprint density at radius 3 is 1.94 bits per heavy atom. The Morgan fingerprint density at radius 1 is 0.778 bits per heavy atom. The highest BCUT2D eigenvalue weighted by atomic mass is 16.1. The Kier molecular flexibility index (Phi) is 4.71. The lowest BCUT2D eigenvalue weighted by atomic mass is 10.0. The van der Waals surface area contributed by atoms with Crippen LogP contribution in [-0.4, -0.2) is 5.78 Å². The van der Waals surface area contributed by atoms with Crippen molar-refractivity contribution >= 4 is 5.78 Å². The molecule has 0 unspecified atom stereocenters. The van der Waals surface area contributed by atoms with Crippen molar-refractivity contribution in [2.24, 2.45) is 0 Å². The highest BCUT2D eigenvalue weighted by Gasteiger charge is 2.03. The van der Waals surface area contributed by atoms with E-state index in [2.05, 4.69) is 12.1 Å². The zero-order valence-electron chi connectivity index (χ0n) is 10.5. The molecule has 0 aromatic heterocycles. The van der Waals surface area contributed by atoms with E-state index in [0.29, 0.717) is 18.6 Å². The summed E-state index contributed by atoms with van der Waals surface area (Å²) >= 11 is 0. The van der Waals surface area contributed by atoms with E-state index in [0.717, 1.165) is 18.4 Å². The molecule has 0 amide bonds. The minimum Gasteiger partial charge on any atom is -0.299 e. The SMILES string of the molecule is O=C(CCCc1ccccc1)Cc1ccccc1. The summed E-state index contributed by atoms with van der Waals surface area (Å²) in [6.45, 7) is 0. The average molecular weight is 238 g/mol. The molecule has 0 fully saturated rings. The Balaban J connectivity index is 1.73. The first kappa shape index (κ1) is 12.6. The van der Waals surface area contributed by atoms with Gasteiger partial charge in [-0.1, -0.05) is 60.7 Å². The summed E-state index contributed by atoms with van der Waals surface area (Å²) in [6, 6.07) is 20.3. The quantitative estimate of drug-likeness (QED) is 0.747. The fourth-order valence-corrected chi connectivity index (χ4v) is 2.05. The van der Waals surface area contributed by atoms with Gasteiger partial charge in [-0.25, -0.2) is 0 Å². The molecular weight excluding hydrogens is 220 g/mol. The monoisotopic (exact) mass is 238 g/mol. The van der Waals surface area contributed by atoms with Crippen LogP contribution in [0, 0.1) is 0 Å². The fraction of sp³-hybridized carbons (Fsp3) is 0.235. The van der Waals surface area contributed by atoms with Gasteiger partial charge in [0.25, 0.3) is 0 Å². The topological polar surface area (TPSA) is 17.1 Å². The summed E-state index contributed by atoms with van der Waals surface area (Å²) in [5.74, 6) is 0.331. The summed E-state index contributed by atoms with van der Waals surface area (Å²) in [4.78, 5) is 11.8. The molecule has 0 bridgehead atoms. The maximum Gasteiger partial charge on any atom is 0.137 e. The standard InChI is InChI=1S/C17H18O/c18-17(14-16-10-5-2-6-11-16)13-7-12-15-8-3-1-4-9-15/h1-6,8-11H,7,12-14H2. The van der Waals surface area contributed by atoms with Crippen LogP contribution in [0.5, 0.6) is 0 Å². The van der Waals surface area contributed by atoms with E-state index < -0.39 is 0 Å². The summed E-state index contributed by atoms with van der Waals surface area (Å²) in [5, 5.41) is 0. The second-order valence-electron chi connectivity index (χ2n) is 4.54. The van der Waals surface area contributed by atoms with Crippen molar-refractivity contribution in [3.05, 3.63) is 71.8 Å². The minimum atomic E-state index is 0.331. The number of carbonyl (C=O) groups excluding carboxylic acids is 1. The second kappa shape index (κ2) is 6.75. The van der Waals surface area contributed by atoms with Crippen molar-refractivity contribution in [1.82, 2.24) is 0 Å². The van der Waals surface area contributed by atoms with Crippen LogP contribution in [0.25, 0.3) is 0 Å². The van der Waals surface area contributed by atoms with Crippen LogP contribution in [0.1, 0.15) is 24.0 Å². The Morgan fingerprint density at radius 2 is 1.33 bits per heavy atom. The molecule has 0 aliphatic carbocycles. The van der Waals surface area contributed by atoms with Crippen molar-refractivity contribution < 1.29 is 4.79 Å². The summed E-state index contributed by atoms with van der Waals surface area (Å²) < 4.78 is 0. The smallest absolute Gasteiger partial charge is 0.137 e. The Labute approximate surface area is 108 Å². The molecule has 0 atom stereocenters. The van der Waals surface area contributed by atoms with Crippen LogP contribution < -0.4 is 0 Å². The van der Waals surface area contributed by atoms with E-state index in [4.69, 9.17) is 0 Å². The third-order valence-electron chi connectivity index (χ3n) is 3.01. The van der Waals surface area contributed by atoms with Gasteiger partial charge in [-0.15, -0.1) is 0 Å². The summed E-state index contributed by atoms with van der Waals surface area (Å²) in [5.41, 5.74) is 2.42. The minimum absolute atomic E-state index is 0.331. The first-order valence-corrected chi connectivity index (χ1v) is 6.44. The fourth-order valence-electron chi connectivity index (χ4n) is 2.05. The summed E-state index contributed by atoms with van der Waals surface area (Å²) in [6.07, 6.45) is 3.16. The molecule has 2 rings (SSSR count). The van der Waals surface area contributed by atoms with Crippen molar-refractivity contribution in [2.75, 3.05) is 0 Å². The molecular formula is C17H18O. The highest BCUT2D eigenvalue weighted by Crippen LogP contribution is 2.07. The molecule has 2 aromatic carbocycles. The molecule has 0 heterocycles. The van der Waals surface area contributed by atoms with Crippen LogP contribution >= 0.6 is 0 Å². The summed E-state index contributed by atoms with van der Waals surface area (Å²) in [7, 11) is 0. The number of ketones is 1. The van der Waals surface area contributed by atoms with Crippen LogP contribution in [0.4, 0.5) is 0 Å². The van der Waals surface area contributed by atoms with E-state index in [1.807, 2.05) is 48.5 Å². The van der Waals surface area contributed by atoms with Crippen LogP contribution in [-0.2, 0) is 17.6 Å². The van der Waals surface area contributed by atoms with E-state index >= 15 is 0 Å². The number of hydrogen-bond donors (Lipinski definition) is 0. The van der Waals surface area contributed by atoms with Gasteiger partial charge in [0.05, 0.1) is 0 Å². The van der Waals surface area contributed by atoms with Gasteiger partial charge in [0.2, 0.25) is 0 Å². The van der Waals surface area contributed by atoms with Crippen molar-refractivity contribution in [3.63, 3.8) is 0 Å². The molecule has 0 aliphatic rings. The molecule has 0 aliphatic heterocycles. The van der Waals surface area contributed by atoms with Gasteiger partial charge in [-0.2, -0.15) is 0 Å². The average Bonchev–Trinajstić information content (AvgIpc) is 2.41. The maximum absolute atomic E-state index is 11.8. The molecule has 0 saturated heterocycles. The van der Waals surface area contributed by atoms with Crippen molar-refractivity contribution in [3.8, 4) is 0 Å². The lowest BCUT2D eigenvalue weighted by Gasteiger charge is -2.02. The number of hydrogen-bond acceptors (Lipinski definition) is 1. The van der Waals surface area contributed by atoms with Crippen molar-refractivity contribution in [2.45, 2.75) is 25.7 Å².